The molecule has 0 atom stereocenters. The number of nitrogens with one attached hydrogen (secondary N) is 1. The average Bonchev–Trinajstić information content (AvgIpc) is 2.62. The lowest BCUT2D eigenvalue weighted by Crippen LogP contribution is -2.11. The van der Waals surface area contributed by atoms with Crippen molar-refractivity contribution in [1.29, 1.82) is 0 Å². The van der Waals surface area contributed by atoms with E-state index < -0.39 is 0 Å². The third kappa shape index (κ3) is 1.84. The SMILES string of the molecule is CCSc1nc2c(cnn2C(C)C)c(=O)[nH]1. The molecule has 0 saturated carbocycles. The maximum atomic E-state index is 11.7. The zero-order valence-electron chi connectivity index (χ0n) is 9.52. The summed E-state index contributed by atoms with van der Waals surface area (Å²) in [6, 6.07) is 0.200. The second-order valence-electron chi connectivity index (χ2n) is 3.72. The van der Waals surface area contributed by atoms with Crippen LogP contribution in [0.1, 0.15) is 26.8 Å². The van der Waals surface area contributed by atoms with Crippen LogP contribution in [0.4, 0.5) is 0 Å². The molecule has 0 spiro atoms. The third-order valence-electron chi connectivity index (χ3n) is 2.21. The molecule has 16 heavy (non-hydrogen) atoms. The van der Waals surface area contributed by atoms with E-state index in [0.29, 0.717) is 16.2 Å². The van der Waals surface area contributed by atoms with Gasteiger partial charge in [0, 0.05) is 6.04 Å². The summed E-state index contributed by atoms with van der Waals surface area (Å²) >= 11 is 1.52. The van der Waals surface area contributed by atoms with Gasteiger partial charge in [-0.1, -0.05) is 18.7 Å². The predicted molar refractivity (Wildman–Crippen MR) is 64.9 cm³/mol. The minimum Gasteiger partial charge on any atom is -0.301 e. The Morgan fingerprint density at radius 1 is 1.56 bits per heavy atom. The Bertz CT molecular complexity index is 557. The first-order chi connectivity index (χ1) is 7.63. The summed E-state index contributed by atoms with van der Waals surface area (Å²) in [4.78, 5) is 18.9. The summed E-state index contributed by atoms with van der Waals surface area (Å²) in [5, 5.41) is 5.39. The summed E-state index contributed by atoms with van der Waals surface area (Å²) < 4.78 is 1.77. The third-order valence-corrected chi connectivity index (χ3v) is 2.97. The van der Waals surface area contributed by atoms with Crippen LogP contribution in [0.3, 0.4) is 0 Å². The van der Waals surface area contributed by atoms with Crippen molar-refractivity contribution in [2.24, 2.45) is 0 Å². The van der Waals surface area contributed by atoms with E-state index in [4.69, 9.17) is 0 Å². The molecule has 0 aliphatic heterocycles. The molecule has 0 aromatic carbocycles. The van der Waals surface area contributed by atoms with Gasteiger partial charge in [-0.25, -0.2) is 9.67 Å². The van der Waals surface area contributed by atoms with E-state index in [0.717, 1.165) is 5.75 Å². The molecule has 5 nitrogen and oxygen atoms in total. The molecule has 0 bridgehead atoms. The number of H-pyrrole nitrogens is 1. The Morgan fingerprint density at radius 3 is 2.94 bits per heavy atom. The Balaban J connectivity index is 2.66. The lowest BCUT2D eigenvalue weighted by atomic mass is 10.4. The van der Waals surface area contributed by atoms with Crippen LogP contribution >= 0.6 is 11.8 Å². The number of fused-ring (bicyclic) bond motifs is 1. The van der Waals surface area contributed by atoms with E-state index in [-0.39, 0.29) is 11.6 Å². The largest absolute Gasteiger partial charge is 0.301 e. The predicted octanol–water partition coefficient (Wildman–Crippen LogP) is 1.81. The van der Waals surface area contributed by atoms with Crippen LogP contribution in [0.5, 0.6) is 0 Å². The minimum absolute atomic E-state index is 0.118. The highest BCUT2D eigenvalue weighted by atomic mass is 32.2. The number of aromatic nitrogens is 4. The second-order valence-corrected chi connectivity index (χ2v) is 4.98. The fraction of sp³-hybridized carbons (Fsp3) is 0.500. The molecule has 0 fully saturated rings. The van der Waals surface area contributed by atoms with E-state index in [2.05, 4.69) is 15.1 Å². The first-order valence-electron chi connectivity index (χ1n) is 5.23. The highest BCUT2D eigenvalue weighted by molar-refractivity contribution is 7.99. The van der Waals surface area contributed by atoms with Crippen molar-refractivity contribution in [1.82, 2.24) is 19.7 Å². The van der Waals surface area contributed by atoms with Crippen molar-refractivity contribution in [3.8, 4) is 0 Å². The molecular weight excluding hydrogens is 224 g/mol. The molecule has 86 valence electrons. The van der Waals surface area contributed by atoms with Crippen LogP contribution in [0, 0.1) is 0 Å². The molecule has 0 aliphatic carbocycles. The van der Waals surface area contributed by atoms with Gasteiger partial charge in [0.15, 0.2) is 10.8 Å². The van der Waals surface area contributed by atoms with Crippen molar-refractivity contribution >= 4 is 22.8 Å². The van der Waals surface area contributed by atoms with Crippen molar-refractivity contribution in [3.05, 3.63) is 16.6 Å². The van der Waals surface area contributed by atoms with Crippen molar-refractivity contribution in [3.63, 3.8) is 0 Å². The van der Waals surface area contributed by atoms with Gasteiger partial charge in [-0.05, 0) is 19.6 Å². The second kappa shape index (κ2) is 4.29. The van der Waals surface area contributed by atoms with Crippen molar-refractivity contribution in [2.75, 3.05) is 5.75 Å². The molecule has 1 N–H and O–H groups in total. The van der Waals surface area contributed by atoms with Gasteiger partial charge in [0.25, 0.3) is 5.56 Å². The molecule has 0 unspecified atom stereocenters. The normalized spacial score (nSPS) is 11.5. The molecule has 2 aromatic heterocycles. The highest BCUT2D eigenvalue weighted by Gasteiger charge is 2.11. The Kier molecular flexibility index (Phi) is 3.00. The zero-order valence-corrected chi connectivity index (χ0v) is 10.3. The van der Waals surface area contributed by atoms with Gasteiger partial charge in [0.05, 0.1) is 6.20 Å². The van der Waals surface area contributed by atoms with Crippen molar-refractivity contribution < 1.29 is 0 Å². The molecule has 6 heteroatoms. The van der Waals surface area contributed by atoms with E-state index in [1.165, 1.54) is 11.8 Å². The summed E-state index contributed by atoms with van der Waals surface area (Å²) in [6.45, 7) is 6.05. The molecule has 0 aliphatic rings. The van der Waals surface area contributed by atoms with Gasteiger partial charge < -0.3 is 4.98 Å². The van der Waals surface area contributed by atoms with Gasteiger partial charge in [-0.3, -0.25) is 4.79 Å². The standard InChI is InChI=1S/C10H14N4OS/c1-4-16-10-12-8-7(9(15)13-10)5-11-14(8)6(2)3/h5-6H,4H2,1-3H3,(H,12,13,15). The molecule has 2 rings (SSSR count). The first-order valence-corrected chi connectivity index (χ1v) is 6.22. The highest BCUT2D eigenvalue weighted by Crippen LogP contribution is 2.16. The molecular formula is C10H14N4OS. The maximum absolute atomic E-state index is 11.7. The smallest absolute Gasteiger partial charge is 0.262 e. The molecule has 0 amide bonds. The summed E-state index contributed by atoms with van der Waals surface area (Å²) in [6.07, 6.45) is 1.57. The van der Waals surface area contributed by atoms with Gasteiger partial charge in [0.1, 0.15) is 5.39 Å². The average molecular weight is 238 g/mol. The Hall–Kier alpha value is -1.30. The first kappa shape index (κ1) is 11.2. The fourth-order valence-electron chi connectivity index (χ4n) is 1.50. The summed E-state index contributed by atoms with van der Waals surface area (Å²) in [5.74, 6) is 0.879. The monoisotopic (exact) mass is 238 g/mol. The quantitative estimate of drug-likeness (QED) is 0.654. The molecule has 2 heterocycles. The van der Waals surface area contributed by atoms with Crippen LogP contribution in [0.15, 0.2) is 16.1 Å². The number of rotatable bonds is 3. The zero-order chi connectivity index (χ0) is 11.7. The van der Waals surface area contributed by atoms with Gasteiger partial charge >= 0.3 is 0 Å². The topological polar surface area (TPSA) is 63.6 Å². The van der Waals surface area contributed by atoms with Crippen LogP contribution in [0.2, 0.25) is 0 Å². The number of hydrogen-bond donors (Lipinski definition) is 1. The molecule has 0 saturated heterocycles. The number of thioether (sulfide) groups is 1. The van der Waals surface area contributed by atoms with E-state index in [9.17, 15) is 4.79 Å². The lowest BCUT2D eigenvalue weighted by Gasteiger charge is -2.06. The molecule has 0 radical (unpaired) electrons. The summed E-state index contributed by atoms with van der Waals surface area (Å²) in [5.41, 5.74) is 0.544. The summed E-state index contributed by atoms with van der Waals surface area (Å²) in [7, 11) is 0. The maximum Gasteiger partial charge on any atom is 0.262 e. The van der Waals surface area contributed by atoms with Gasteiger partial charge in [0.2, 0.25) is 0 Å². The molecule has 2 aromatic rings. The number of aromatic amines is 1. The van der Waals surface area contributed by atoms with Crippen LogP contribution in [-0.2, 0) is 0 Å². The van der Waals surface area contributed by atoms with E-state index in [1.54, 1.807) is 10.9 Å². The van der Waals surface area contributed by atoms with E-state index >= 15 is 0 Å². The Labute approximate surface area is 97.3 Å². The number of nitrogens with zero attached hydrogens (tertiary/aromatic N) is 3. The van der Waals surface area contributed by atoms with Crippen LogP contribution in [0.25, 0.3) is 11.0 Å². The van der Waals surface area contributed by atoms with Gasteiger partial charge in [-0.15, -0.1) is 0 Å². The number of hydrogen-bond acceptors (Lipinski definition) is 4. The minimum atomic E-state index is -0.118. The van der Waals surface area contributed by atoms with Crippen molar-refractivity contribution in [2.45, 2.75) is 32.0 Å². The lowest BCUT2D eigenvalue weighted by molar-refractivity contribution is 0.544. The van der Waals surface area contributed by atoms with Gasteiger partial charge in [-0.2, -0.15) is 5.10 Å². The van der Waals surface area contributed by atoms with E-state index in [1.807, 2.05) is 20.8 Å². The fourth-order valence-corrected chi connectivity index (χ4v) is 2.09. The van der Waals surface area contributed by atoms with Crippen LogP contribution in [-0.4, -0.2) is 25.5 Å². The van der Waals surface area contributed by atoms with Crippen LogP contribution < -0.4 is 5.56 Å². The Morgan fingerprint density at radius 2 is 2.31 bits per heavy atom.